The highest BCUT2D eigenvalue weighted by molar-refractivity contribution is 5.21. The van der Waals surface area contributed by atoms with E-state index in [9.17, 15) is 0 Å². The first kappa shape index (κ1) is 10.5. The molecule has 1 heterocycles. The number of hydrogen-bond acceptors (Lipinski definition) is 2. The van der Waals surface area contributed by atoms with Gasteiger partial charge in [-0.25, -0.2) is 0 Å². The number of hydrogen-bond donors (Lipinski definition) is 1. The number of nitrogens with one attached hydrogen (secondary N) is 1. The fourth-order valence-electron chi connectivity index (χ4n) is 2.16. The van der Waals surface area contributed by atoms with Gasteiger partial charge in [0.05, 0.1) is 6.10 Å². The fourth-order valence-corrected chi connectivity index (χ4v) is 2.16. The Labute approximate surface area is 91.6 Å². The van der Waals surface area contributed by atoms with Gasteiger partial charge in [-0.15, -0.1) is 0 Å². The van der Waals surface area contributed by atoms with E-state index in [1.165, 1.54) is 13.0 Å². The van der Waals surface area contributed by atoms with Crippen molar-refractivity contribution in [3.8, 4) is 5.75 Å². The summed E-state index contributed by atoms with van der Waals surface area (Å²) in [6, 6.07) is 10.1. The second-order valence-electron chi connectivity index (χ2n) is 4.34. The highest BCUT2D eigenvalue weighted by Crippen LogP contribution is 2.18. The van der Waals surface area contributed by atoms with Crippen LogP contribution in [0.2, 0.25) is 0 Å². The summed E-state index contributed by atoms with van der Waals surface area (Å²) in [7, 11) is 0. The molecule has 0 amide bonds. The van der Waals surface area contributed by atoms with Crippen molar-refractivity contribution in [2.24, 2.45) is 5.92 Å². The zero-order chi connectivity index (χ0) is 10.5. The van der Waals surface area contributed by atoms with Crippen molar-refractivity contribution in [1.82, 2.24) is 5.32 Å². The third kappa shape index (κ3) is 3.24. The van der Waals surface area contributed by atoms with E-state index in [0.717, 1.165) is 24.6 Å². The van der Waals surface area contributed by atoms with Gasteiger partial charge in [0.15, 0.2) is 0 Å². The van der Waals surface area contributed by atoms with Gasteiger partial charge in [-0.3, -0.25) is 0 Å². The molecule has 0 aliphatic carbocycles. The minimum Gasteiger partial charge on any atom is -0.491 e. The van der Waals surface area contributed by atoms with E-state index < -0.39 is 0 Å². The van der Waals surface area contributed by atoms with Crippen LogP contribution >= 0.6 is 0 Å². The smallest absolute Gasteiger partial charge is 0.119 e. The van der Waals surface area contributed by atoms with E-state index in [1.807, 2.05) is 30.3 Å². The molecule has 0 aromatic heterocycles. The van der Waals surface area contributed by atoms with Gasteiger partial charge >= 0.3 is 0 Å². The Morgan fingerprint density at radius 2 is 2.20 bits per heavy atom. The first-order chi connectivity index (χ1) is 7.34. The lowest BCUT2D eigenvalue weighted by Crippen LogP contribution is -2.18. The van der Waals surface area contributed by atoms with Crippen LogP contribution in [0.25, 0.3) is 0 Å². The number of para-hydroxylation sites is 1. The van der Waals surface area contributed by atoms with Crippen LogP contribution in [0, 0.1) is 5.92 Å². The molecule has 1 aromatic rings. The molecule has 1 aliphatic rings. The van der Waals surface area contributed by atoms with Crippen LogP contribution in [0.1, 0.15) is 19.8 Å². The quantitative estimate of drug-likeness (QED) is 0.815. The predicted molar refractivity (Wildman–Crippen MR) is 62.1 cm³/mol. The molecule has 1 aromatic carbocycles. The van der Waals surface area contributed by atoms with Gasteiger partial charge < -0.3 is 10.1 Å². The second kappa shape index (κ2) is 5.17. The zero-order valence-electron chi connectivity index (χ0n) is 9.28. The van der Waals surface area contributed by atoms with Gasteiger partial charge in [-0.2, -0.15) is 0 Å². The molecule has 2 heteroatoms. The maximum atomic E-state index is 5.85. The lowest BCUT2D eigenvalue weighted by molar-refractivity contribution is 0.189. The van der Waals surface area contributed by atoms with Gasteiger partial charge in [0.1, 0.15) is 5.75 Å². The van der Waals surface area contributed by atoms with Crippen molar-refractivity contribution in [2.45, 2.75) is 25.9 Å². The Kier molecular flexibility index (Phi) is 3.62. The molecule has 1 aliphatic heterocycles. The SMILES string of the molecule is CC(CC1CCNC1)Oc1ccccc1. The van der Waals surface area contributed by atoms with E-state index in [0.29, 0.717) is 6.10 Å². The summed E-state index contributed by atoms with van der Waals surface area (Å²) in [5.41, 5.74) is 0. The summed E-state index contributed by atoms with van der Waals surface area (Å²) in [4.78, 5) is 0. The molecule has 1 N–H and O–H groups in total. The van der Waals surface area contributed by atoms with Crippen LogP contribution in [0.5, 0.6) is 5.75 Å². The van der Waals surface area contributed by atoms with E-state index in [2.05, 4.69) is 12.2 Å². The molecular formula is C13H19NO. The molecule has 15 heavy (non-hydrogen) atoms. The maximum Gasteiger partial charge on any atom is 0.119 e. The molecule has 2 unspecified atom stereocenters. The highest BCUT2D eigenvalue weighted by Gasteiger charge is 2.18. The van der Waals surface area contributed by atoms with Crippen molar-refractivity contribution in [1.29, 1.82) is 0 Å². The standard InChI is InChI=1S/C13H19NO/c1-11(9-12-7-8-14-10-12)15-13-5-3-2-4-6-13/h2-6,11-12,14H,7-10H2,1H3. The molecule has 0 bridgehead atoms. The topological polar surface area (TPSA) is 21.3 Å². The molecule has 1 saturated heterocycles. The Morgan fingerprint density at radius 3 is 2.87 bits per heavy atom. The number of rotatable bonds is 4. The molecule has 0 saturated carbocycles. The van der Waals surface area contributed by atoms with Crippen LogP contribution < -0.4 is 10.1 Å². The second-order valence-corrected chi connectivity index (χ2v) is 4.34. The predicted octanol–water partition coefficient (Wildman–Crippen LogP) is 2.45. The Bertz CT molecular complexity index is 280. The van der Waals surface area contributed by atoms with Gasteiger partial charge in [0.2, 0.25) is 0 Å². The number of benzene rings is 1. The first-order valence-corrected chi connectivity index (χ1v) is 5.77. The van der Waals surface area contributed by atoms with Gasteiger partial charge in [0.25, 0.3) is 0 Å². The highest BCUT2D eigenvalue weighted by atomic mass is 16.5. The minimum absolute atomic E-state index is 0.317. The zero-order valence-corrected chi connectivity index (χ0v) is 9.28. The average molecular weight is 205 g/mol. The Morgan fingerprint density at radius 1 is 1.40 bits per heavy atom. The summed E-state index contributed by atoms with van der Waals surface area (Å²) < 4.78 is 5.85. The fraction of sp³-hybridized carbons (Fsp3) is 0.538. The summed E-state index contributed by atoms with van der Waals surface area (Å²) in [5.74, 6) is 1.78. The molecule has 1 fully saturated rings. The minimum atomic E-state index is 0.317. The summed E-state index contributed by atoms with van der Waals surface area (Å²) in [6.07, 6.45) is 2.77. The molecule has 2 atom stereocenters. The average Bonchev–Trinajstić information content (AvgIpc) is 2.71. The third-order valence-corrected chi connectivity index (χ3v) is 2.91. The maximum absolute atomic E-state index is 5.85. The van der Waals surface area contributed by atoms with Crippen LogP contribution in [0.15, 0.2) is 30.3 Å². The van der Waals surface area contributed by atoms with E-state index >= 15 is 0 Å². The molecule has 0 radical (unpaired) electrons. The normalized spacial score (nSPS) is 22.6. The molecule has 0 spiro atoms. The molecule has 2 rings (SSSR count). The summed E-state index contributed by atoms with van der Waals surface area (Å²) in [6.45, 7) is 4.48. The molecular weight excluding hydrogens is 186 g/mol. The van der Waals surface area contributed by atoms with Crippen LogP contribution in [0.3, 0.4) is 0 Å². The first-order valence-electron chi connectivity index (χ1n) is 5.77. The lowest BCUT2D eigenvalue weighted by Gasteiger charge is -2.17. The lowest BCUT2D eigenvalue weighted by atomic mass is 10.0. The van der Waals surface area contributed by atoms with Gasteiger partial charge in [-0.1, -0.05) is 18.2 Å². The van der Waals surface area contributed by atoms with Gasteiger partial charge in [-0.05, 0) is 50.9 Å². The molecule has 2 nitrogen and oxygen atoms in total. The van der Waals surface area contributed by atoms with Crippen molar-refractivity contribution < 1.29 is 4.74 Å². The van der Waals surface area contributed by atoms with Crippen molar-refractivity contribution in [3.63, 3.8) is 0 Å². The van der Waals surface area contributed by atoms with Crippen molar-refractivity contribution >= 4 is 0 Å². The van der Waals surface area contributed by atoms with E-state index in [4.69, 9.17) is 4.74 Å². The third-order valence-electron chi connectivity index (χ3n) is 2.91. The van der Waals surface area contributed by atoms with Crippen LogP contribution in [0.4, 0.5) is 0 Å². The summed E-state index contributed by atoms with van der Waals surface area (Å²) >= 11 is 0. The monoisotopic (exact) mass is 205 g/mol. The summed E-state index contributed by atoms with van der Waals surface area (Å²) in [5, 5.41) is 3.39. The van der Waals surface area contributed by atoms with Gasteiger partial charge in [0, 0.05) is 0 Å². The van der Waals surface area contributed by atoms with E-state index in [1.54, 1.807) is 0 Å². The van der Waals surface area contributed by atoms with Crippen LogP contribution in [-0.4, -0.2) is 19.2 Å². The molecule has 82 valence electrons. The number of ether oxygens (including phenoxy) is 1. The Hall–Kier alpha value is -1.02. The van der Waals surface area contributed by atoms with Crippen molar-refractivity contribution in [3.05, 3.63) is 30.3 Å². The Balaban J connectivity index is 1.79. The van der Waals surface area contributed by atoms with E-state index in [-0.39, 0.29) is 0 Å². The van der Waals surface area contributed by atoms with Crippen molar-refractivity contribution in [2.75, 3.05) is 13.1 Å². The van der Waals surface area contributed by atoms with Crippen LogP contribution in [-0.2, 0) is 0 Å². The largest absolute Gasteiger partial charge is 0.491 e.